The van der Waals surface area contributed by atoms with Crippen LogP contribution in [0.15, 0.2) is 0 Å². The molecular formula is C16H24N4O11. The fraction of sp³-hybridized carbons (Fsp3) is 0.562. The molecule has 0 aromatic carbocycles. The summed E-state index contributed by atoms with van der Waals surface area (Å²) in [5.41, 5.74) is 5.32. The van der Waals surface area contributed by atoms with E-state index in [1.54, 1.807) is 0 Å². The molecule has 0 heterocycles. The Balaban J connectivity index is 5.01. The third-order valence-electron chi connectivity index (χ3n) is 3.71. The Hall–Kier alpha value is -3.75. The van der Waals surface area contributed by atoms with Gasteiger partial charge in [0.1, 0.15) is 12.1 Å². The average molecular weight is 448 g/mol. The lowest BCUT2D eigenvalue weighted by Crippen LogP contribution is -2.54. The summed E-state index contributed by atoms with van der Waals surface area (Å²) < 4.78 is 0. The van der Waals surface area contributed by atoms with E-state index in [2.05, 4.69) is 5.32 Å². The van der Waals surface area contributed by atoms with E-state index in [9.17, 15) is 33.6 Å². The molecule has 0 aromatic heterocycles. The standard InChI is InChI=1S/C16H24N4O11/c17-7(5-13(26)27)14(28)18-6-10(21)19-8(1-3-11(22)23)15(29)20-9(16(30)31)2-4-12(24)25/h7-9H,1-6,17H2,(H,18,28)(H,19,21)(H,20,29)(H,22,23)(H,24,25)(H,26,27)(H,30,31). The number of aliphatic carboxylic acids is 4. The third kappa shape index (κ3) is 12.4. The van der Waals surface area contributed by atoms with Gasteiger partial charge in [-0.05, 0) is 12.8 Å². The van der Waals surface area contributed by atoms with E-state index in [1.807, 2.05) is 10.6 Å². The number of nitrogens with one attached hydrogen (secondary N) is 3. The van der Waals surface area contributed by atoms with Gasteiger partial charge in [-0.1, -0.05) is 0 Å². The maximum Gasteiger partial charge on any atom is 0.326 e. The molecule has 0 saturated heterocycles. The normalized spacial score (nSPS) is 13.2. The number of carbonyl (C=O) groups is 7. The topological polar surface area (TPSA) is 263 Å². The van der Waals surface area contributed by atoms with Crippen molar-refractivity contribution in [1.82, 2.24) is 16.0 Å². The highest BCUT2D eigenvalue weighted by Gasteiger charge is 2.27. The minimum atomic E-state index is -1.60. The van der Waals surface area contributed by atoms with Gasteiger partial charge in [-0.2, -0.15) is 0 Å². The summed E-state index contributed by atoms with van der Waals surface area (Å²) in [6.07, 6.45) is -2.70. The van der Waals surface area contributed by atoms with E-state index >= 15 is 0 Å². The molecular weight excluding hydrogens is 424 g/mol. The van der Waals surface area contributed by atoms with Crippen LogP contribution < -0.4 is 21.7 Å². The molecule has 15 heteroatoms. The second-order valence-electron chi connectivity index (χ2n) is 6.31. The first-order chi connectivity index (χ1) is 14.3. The fourth-order valence-corrected chi connectivity index (χ4v) is 2.16. The Morgan fingerprint density at radius 1 is 0.710 bits per heavy atom. The molecule has 9 N–H and O–H groups in total. The van der Waals surface area contributed by atoms with Gasteiger partial charge in [-0.25, -0.2) is 4.79 Å². The van der Waals surface area contributed by atoms with Crippen molar-refractivity contribution >= 4 is 41.6 Å². The van der Waals surface area contributed by atoms with Crippen LogP contribution in [0.5, 0.6) is 0 Å². The first kappa shape index (κ1) is 27.2. The van der Waals surface area contributed by atoms with Crippen LogP contribution in [0.25, 0.3) is 0 Å². The first-order valence-corrected chi connectivity index (χ1v) is 8.84. The average Bonchev–Trinajstić information content (AvgIpc) is 2.64. The Kier molecular flexibility index (Phi) is 11.8. The minimum Gasteiger partial charge on any atom is -0.481 e. The Labute approximate surface area is 175 Å². The van der Waals surface area contributed by atoms with Gasteiger partial charge in [0.25, 0.3) is 0 Å². The van der Waals surface area contributed by atoms with Gasteiger partial charge in [-0.3, -0.25) is 28.8 Å². The van der Waals surface area contributed by atoms with Crippen molar-refractivity contribution in [3.63, 3.8) is 0 Å². The summed E-state index contributed by atoms with van der Waals surface area (Å²) >= 11 is 0. The number of hydrogen-bond donors (Lipinski definition) is 8. The van der Waals surface area contributed by atoms with Crippen LogP contribution in [0.1, 0.15) is 32.1 Å². The molecule has 31 heavy (non-hydrogen) atoms. The number of carboxylic acids is 4. The Morgan fingerprint density at radius 3 is 1.68 bits per heavy atom. The van der Waals surface area contributed by atoms with Crippen LogP contribution >= 0.6 is 0 Å². The van der Waals surface area contributed by atoms with Gasteiger partial charge in [-0.15, -0.1) is 0 Å². The lowest BCUT2D eigenvalue weighted by atomic mass is 10.1. The summed E-state index contributed by atoms with van der Waals surface area (Å²) in [5, 5.41) is 41.3. The molecule has 174 valence electrons. The van der Waals surface area contributed by atoms with E-state index in [4.69, 9.17) is 26.2 Å². The van der Waals surface area contributed by atoms with Gasteiger partial charge >= 0.3 is 23.9 Å². The molecule has 3 amide bonds. The van der Waals surface area contributed by atoms with Crippen molar-refractivity contribution in [2.24, 2.45) is 5.73 Å². The van der Waals surface area contributed by atoms with Crippen molar-refractivity contribution in [1.29, 1.82) is 0 Å². The summed E-state index contributed by atoms with van der Waals surface area (Å²) in [7, 11) is 0. The number of amides is 3. The largest absolute Gasteiger partial charge is 0.481 e. The highest BCUT2D eigenvalue weighted by molar-refractivity contribution is 5.93. The molecule has 0 fully saturated rings. The van der Waals surface area contributed by atoms with Gasteiger partial charge in [0, 0.05) is 12.8 Å². The van der Waals surface area contributed by atoms with Gasteiger partial charge in [0.05, 0.1) is 19.0 Å². The van der Waals surface area contributed by atoms with Crippen molar-refractivity contribution in [3.8, 4) is 0 Å². The minimum absolute atomic E-state index is 0.426. The highest BCUT2D eigenvalue weighted by atomic mass is 16.4. The summed E-state index contributed by atoms with van der Waals surface area (Å²) in [4.78, 5) is 79.0. The van der Waals surface area contributed by atoms with Crippen LogP contribution in [0.2, 0.25) is 0 Å². The predicted molar refractivity (Wildman–Crippen MR) is 98.5 cm³/mol. The van der Waals surface area contributed by atoms with Gasteiger partial charge in [0.15, 0.2) is 0 Å². The van der Waals surface area contributed by atoms with Crippen molar-refractivity contribution < 1.29 is 54.0 Å². The molecule has 15 nitrogen and oxygen atoms in total. The van der Waals surface area contributed by atoms with Gasteiger partial charge in [0.2, 0.25) is 17.7 Å². The van der Waals surface area contributed by atoms with Crippen LogP contribution in [-0.4, -0.2) is 86.7 Å². The van der Waals surface area contributed by atoms with E-state index < -0.39 is 98.4 Å². The lowest BCUT2D eigenvalue weighted by Gasteiger charge is -2.21. The molecule has 0 spiro atoms. The molecule has 0 bridgehead atoms. The van der Waals surface area contributed by atoms with E-state index in [0.717, 1.165) is 0 Å². The predicted octanol–water partition coefficient (Wildman–Crippen LogP) is -3.31. The molecule has 0 radical (unpaired) electrons. The van der Waals surface area contributed by atoms with Crippen molar-refractivity contribution in [2.45, 2.75) is 50.2 Å². The van der Waals surface area contributed by atoms with E-state index in [1.165, 1.54) is 0 Å². The Morgan fingerprint density at radius 2 is 1.23 bits per heavy atom. The third-order valence-corrected chi connectivity index (χ3v) is 3.71. The van der Waals surface area contributed by atoms with Crippen LogP contribution in [0.4, 0.5) is 0 Å². The zero-order valence-electron chi connectivity index (χ0n) is 16.2. The van der Waals surface area contributed by atoms with Crippen molar-refractivity contribution in [2.75, 3.05) is 6.54 Å². The van der Waals surface area contributed by atoms with Gasteiger partial charge < -0.3 is 42.1 Å². The highest BCUT2D eigenvalue weighted by Crippen LogP contribution is 2.03. The number of carboxylic acid groups (broad SMARTS) is 4. The second kappa shape index (κ2) is 13.5. The van der Waals surface area contributed by atoms with E-state index in [0.29, 0.717) is 0 Å². The quantitative estimate of drug-likeness (QED) is 0.122. The van der Waals surface area contributed by atoms with Crippen LogP contribution in [-0.2, 0) is 33.6 Å². The zero-order chi connectivity index (χ0) is 24.1. The number of rotatable bonds is 15. The number of nitrogens with two attached hydrogens (primary N) is 1. The van der Waals surface area contributed by atoms with Crippen LogP contribution in [0.3, 0.4) is 0 Å². The second-order valence-corrected chi connectivity index (χ2v) is 6.31. The maximum atomic E-state index is 12.3. The summed E-state index contributed by atoms with van der Waals surface area (Å²) in [6.45, 7) is -0.718. The molecule has 0 rings (SSSR count). The SMILES string of the molecule is NC(CC(=O)O)C(=O)NCC(=O)NC(CCC(=O)O)C(=O)NC(CCC(=O)O)C(=O)O. The Bertz CT molecular complexity index is 724. The maximum absolute atomic E-state index is 12.3. The number of carbonyl (C=O) groups excluding carboxylic acids is 3. The summed E-state index contributed by atoms with van der Waals surface area (Å²) in [6, 6.07) is -4.52. The first-order valence-electron chi connectivity index (χ1n) is 8.84. The number of hydrogen-bond acceptors (Lipinski definition) is 8. The van der Waals surface area contributed by atoms with E-state index in [-0.39, 0.29) is 0 Å². The molecule has 0 aliphatic heterocycles. The smallest absolute Gasteiger partial charge is 0.326 e. The molecule has 3 unspecified atom stereocenters. The molecule has 0 aliphatic rings. The monoisotopic (exact) mass is 448 g/mol. The molecule has 0 aliphatic carbocycles. The molecule has 0 aromatic rings. The zero-order valence-corrected chi connectivity index (χ0v) is 16.2. The van der Waals surface area contributed by atoms with Crippen LogP contribution in [0, 0.1) is 0 Å². The molecule has 0 saturated carbocycles. The summed E-state index contributed by atoms with van der Waals surface area (Å²) in [5.74, 6) is -8.46. The lowest BCUT2D eigenvalue weighted by molar-refractivity contribution is -0.144. The fourth-order valence-electron chi connectivity index (χ4n) is 2.16. The van der Waals surface area contributed by atoms with Crippen molar-refractivity contribution in [3.05, 3.63) is 0 Å². The molecule has 3 atom stereocenters.